The fourth-order valence-corrected chi connectivity index (χ4v) is 2.93. The fraction of sp³-hybridized carbons (Fsp3) is 0.312. The van der Waals surface area contributed by atoms with Gasteiger partial charge in [0, 0.05) is 38.6 Å². The first-order valence-corrected chi connectivity index (χ1v) is 8.08. The van der Waals surface area contributed by atoms with Crippen molar-refractivity contribution in [2.45, 2.75) is 6.92 Å². The average molecular weight is 351 g/mol. The molecule has 3 rings (SSSR count). The van der Waals surface area contributed by atoms with E-state index in [9.17, 15) is 4.79 Å². The molecule has 5 nitrogen and oxygen atoms in total. The van der Waals surface area contributed by atoms with Crippen LogP contribution in [0.15, 0.2) is 30.6 Å². The molecule has 0 N–H and O–H groups in total. The number of rotatable bonds is 2. The van der Waals surface area contributed by atoms with E-state index >= 15 is 0 Å². The van der Waals surface area contributed by atoms with Crippen LogP contribution in [0.4, 0.5) is 5.82 Å². The van der Waals surface area contributed by atoms with Crippen LogP contribution in [0.25, 0.3) is 0 Å². The van der Waals surface area contributed by atoms with Crippen molar-refractivity contribution in [3.05, 3.63) is 51.9 Å². The molecule has 7 heteroatoms. The summed E-state index contributed by atoms with van der Waals surface area (Å²) in [6.45, 7) is 4.63. The van der Waals surface area contributed by atoms with Crippen molar-refractivity contribution >= 4 is 34.9 Å². The highest BCUT2D eigenvalue weighted by Crippen LogP contribution is 2.18. The number of hydrogen-bond acceptors (Lipinski definition) is 4. The molecular weight excluding hydrogens is 335 g/mol. The zero-order chi connectivity index (χ0) is 16.4. The first-order chi connectivity index (χ1) is 11.0. The lowest BCUT2D eigenvalue weighted by atomic mass is 10.1. The molecule has 1 amide bonds. The molecule has 0 unspecified atom stereocenters. The van der Waals surface area contributed by atoms with Gasteiger partial charge in [-0.25, -0.2) is 9.97 Å². The topological polar surface area (TPSA) is 49.3 Å². The number of carbonyl (C=O) groups excluding carboxylic acids is 1. The van der Waals surface area contributed by atoms with Gasteiger partial charge in [-0.15, -0.1) is 0 Å². The van der Waals surface area contributed by atoms with Crippen LogP contribution in [-0.2, 0) is 0 Å². The van der Waals surface area contributed by atoms with Gasteiger partial charge in [0.2, 0.25) is 0 Å². The molecule has 0 aliphatic carbocycles. The number of pyridine rings is 2. The molecule has 2 aromatic heterocycles. The minimum absolute atomic E-state index is 0.00428. The normalized spacial score (nSPS) is 14.9. The Kier molecular flexibility index (Phi) is 4.68. The first kappa shape index (κ1) is 16.0. The minimum Gasteiger partial charge on any atom is -0.353 e. The van der Waals surface area contributed by atoms with Gasteiger partial charge in [-0.1, -0.05) is 23.2 Å². The van der Waals surface area contributed by atoms with Crippen molar-refractivity contribution in [2.24, 2.45) is 0 Å². The Morgan fingerprint density at radius 2 is 1.83 bits per heavy atom. The second-order valence-corrected chi connectivity index (χ2v) is 6.26. The summed E-state index contributed by atoms with van der Waals surface area (Å²) in [5, 5.41) is 1.02. The monoisotopic (exact) mass is 350 g/mol. The predicted molar refractivity (Wildman–Crippen MR) is 91.3 cm³/mol. The van der Waals surface area contributed by atoms with Crippen molar-refractivity contribution in [1.29, 1.82) is 0 Å². The number of piperazine rings is 1. The third kappa shape index (κ3) is 3.57. The highest BCUT2D eigenvalue weighted by molar-refractivity contribution is 6.30. The lowest BCUT2D eigenvalue weighted by Gasteiger charge is -2.35. The van der Waals surface area contributed by atoms with Gasteiger partial charge in [0.05, 0.1) is 10.6 Å². The number of nitrogens with zero attached hydrogens (tertiary/aromatic N) is 4. The van der Waals surface area contributed by atoms with Gasteiger partial charge in [-0.05, 0) is 30.7 Å². The van der Waals surface area contributed by atoms with Crippen LogP contribution in [0, 0.1) is 6.92 Å². The zero-order valence-electron chi connectivity index (χ0n) is 12.7. The number of aromatic nitrogens is 2. The molecule has 1 aliphatic rings. The molecule has 0 radical (unpaired) electrons. The first-order valence-electron chi connectivity index (χ1n) is 7.32. The molecule has 120 valence electrons. The quantitative estimate of drug-likeness (QED) is 0.781. The molecule has 0 saturated carbocycles. The van der Waals surface area contributed by atoms with Crippen molar-refractivity contribution in [2.75, 3.05) is 31.1 Å². The third-order valence-corrected chi connectivity index (χ3v) is 4.34. The van der Waals surface area contributed by atoms with Crippen LogP contribution in [0.3, 0.4) is 0 Å². The second kappa shape index (κ2) is 6.72. The van der Waals surface area contributed by atoms with Crippen LogP contribution >= 0.6 is 23.2 Å². The number of aryl methyl sites for hydroxylation is 1. The lowest BCUT2D eigenvalue weighted by Crippen LogP contribution is -2.49. The van der Waals surface area contributed by atoms with E-state index in [1.54, 1.807) is 18.5 Å². The van der Waals surface area contributed by atoms with E-state index in [4.69, 9.17) is 23.2 Å². The largest absolute Gasteiger partial charge is 0.353 e. The number of hydrogen-bond donors (Lipinski definition) is 0. The van der Waals surface area contributed by atoms with Crippen molar-refractivity contribution in [1.82, 2.24) is 14.9 Å². The highest BCUT2D eigenvalue weighted by atomic mass is 35.5. The van der Waals surface area contributed by atoms with E-state index in [1.807, 2.05) is 24.0 Å². The van der Waals surface area contributed by atoms with Gasteiger partial charge < -0.3 is 9.80 Å². The Balaban J connectivity index is 1.66. The number of halogens is 2. The van der Waals surface area contributed by atoms with E-state index in [2.05, 4.69) is 14.9 Å². The maximum atomic E-state index is 12.6. The summed E-state index contributed by atoms with van der Waals surface area (Å²) in [7, 11) is 0. The molecule has 1 saturated heterocycles. The molecule has 1 fully saturated rings. The van der Waals surface area contributed by atoms with Crippen LogP contribution in [0.1, 0.15) is 15.9 Å². The predicted octanol–water partition coefficient (Wildman–Crippen LogP) is 3.05. The highest BCUT2D eigenvalue weighted by Gasteiger charge is 2.24. The molecule has 0 atom stereocenters. The van der Waals surface area contributed by atoms with Crippen LogP contribution < -0.4 is 4.90 Å². The summed E-state index contributed by atoms with van der Waals surface area (Å²) >= 11 is 11.7. The molecule has 23 heavy (non-hydrogen) atoms. The van der Waals surface area contributed by atoms with Crippen LogP contribution in [-0.4, -0.2) is 47.0 Å². The fourth-order valence-electron chi connectivity index (χ4n) is 2.61. The summed E-state index contributed by atoms with van der Waals surface area (Å²) in [6.07, 6.45) is 3.18. The molecule has 3 heterocycles. The van der Waals surface area contributed by atoms with Gasteiger partial charge in [0.25, 0.3) is 5.91 Å². The smallest absolute Gasteiger partial charge is 0.255 e. The van der Waals surface area contributed by atoms with E-state index in [0.29, 0.717) is 28.8 Å². The van der Waals surface area contributed by atoms with E-state index in [0.717, 1.165) is 24.5 Å². The summed E-state index contributed by atoms with van der Waals surface area (Å²) in [5.74, 6) is 0.876. The summed E-state index contributed by atoms with van der Waals surface area (Å²) < 4.78 is 0. The number of carbonyl (C=O) groups is 1. The molecule has 0 bridgehead atoms. The Morgan fingerprint density at radius 3 is 2.43 bits per heavy atom. The van der Waals surface area contributed by atoms with Gasteiger partial charge in [-0.3, -0.25) is 4.79 Å². The second-order valence-electron chi connectivity index (χ2n) is 5.44. The van der Waals surface area contributed by atoms with Gasteiger partial charge >= 0.3 is 0 Å². The van der Waals surface area contributed by atoms with Gasteiger partial charge in [-0.2, -0.15) is 0 Å². The Labute approximate surface area is 144 Å². The molecular formula is C16H16Cl2N4O. The average Bonchev–Trinajstić information content (AvgIpc) is 2.55. The lowest BCUT2D eigenvalue weighted by molar-refractivity contribution is 0.0745. The summed E-state index contributed by atoms with van der Waals surface area (Å²) in [5.41, 5.74) is 1.45. The van der Waals surface area contributed by atoms with Crippen molar-refractivity contribution < 1.29 is 4.79 Å². The summed E-state index contributed by atoms with van der Waals surface area (Å²) in [6, 6.07) is 5.43. The zero-order valence-corrected chi connectivity index (χ0v) is 14.2. The van der Waals surface area contributed by atoms with Crippen molar-refractivity contribution in [3.63, 3.8) is 0 Å². The van der Waals surface area contributed by atoms with Crippen molar-refractivity contribution in [3.8, 4) is 0 Å². The van der Waals surface area contributed by atoms with Crippen LogP contribution in [0.2, 0.25) is 10.2 Å². The minimum atomic E-state index is -0.00428. The summed E-state index contributed by atoms with van der Waals surface area (Å²) in [4.78, 5) is 24.9. The van der Waals surface area contributed by atoms with E-state index < -0.39 is 0 Å². The third-order valence-electron chi connectivity index (χ3n) is 3.91. The molecule has 0 spiro atoms. The van der Waals surface area contributed by atoms with Gasteiger partial charge in [0.15, 0.2) is 0 Å². The van der Waals surface area contributed by atoms with Gasteiger partial charge in [0.1, 0.15) is 11.0 Å². The SMILES string of the molecule is Cc1cc(Cl)ncc1C(=O)N1CCN(c2ccc(Cl)cn2)CC1. The van der Waals surface area contributed by atoms with E-state index in [1.165, 1.54) is 0 Å². The number of anilines is 1. The standard InChI is InChI=1S/C16H16Cl2N4O/c1-11-8-14(18)19-10-13(11)16(23)22-6-4-21(5-7-22)15-3-2-12(17)9-20-15/h2-3,8-10H,4-7H2,1H3. The Hall–Kier alpha value is -1.85. The molecule has 1 aliphatic heterocycles. The number of amides is 1. The van der Waals surface area contributed by atoms with Crippen LogP contribution in [0.5, 0.6) is 0 Å². The molecule has 2 aromatic rings. The Morgan fingerprint density at radius 1 is 1.09 bits per heavy atom. The Bertz CT molecular complexity index is 713. The maximum absolute atomic E-state index is 12.6. The van der Waals surface area contributed by atoms with E-state index in [-0.39, 0.29) is 5.91 Å². The molecule has 0 aromatic carbocycles. The maximum Gasteiger partial charge on any atom is 0.255 e.